The molecule has 0 aliphatic heterocycles. The van der Waals surface area contributed by atoms with Crippen molar-refractivity contribution in [1.29, 1.82) is 0 Å². The van der Waals surface area contributed by atoms with E-state index in [9.17, 15) is 4.79 Å². The van der Waals surface area contributed by atoms with Crippen LogP contribution in [0.1, 0.15) is 5.56 Å². The highest BCUT2D eigenvalue weighted by molar-refractivity contribution is 9.10. The third-order valence-corrected chi connectivity index (χ3v) is 1.83. The first kappa shape index (κ1) is 9.10. The Labute approximate surface area is 78.7 Å². The van der Waals surface area contributed by atoms with Crippen molar-refractivity contribution >= 4 is 22.0 Å². The van der Waals surface area contributed by atoms with E-state index in [0.717, 1.165) is 16.6 Å². The number of isocyanates is 1. The number of pyridine rings is 1. The highest BCUT2D eigenvalue weighted by atomic mass is 79.9. The quantitative estimate of drug-likeness (QED) is 0.448. The molecule has 1 rings (SSSR count). The summed E-state index contributed by atoms with van der Waals surface area (Å²) in [6.45, 7) is 0.479. The van der Waals surface area contributed by atoms with Gasteiger partial charge in [-0.25, -0.2) is 14.8 Å². The van der Waals surface area contributed by atoms with Crippen LogP contribution in [0.2, 0.25) is 0 Å². The van der Waals surface area contributed by atoms with E-state index < -0.39 is 0 Å². The Kier molecular flexibility index (Phi) is 3.64. The lowest BCUT2D eigenvalue weighted by Gasteiger charge is -1.95. The number of rotatable bonds is 3. The maximum Gasteiger partial charge on any atom is 0.234 e. The van der Waals surface area contributed by atoms with Gasteiger partial charge in [-0.2, -0.15) is 0 Å². The molecule has 3 nitrogen and oxygen atoms in total. The summed E-state index contributed by atoms with van der Waals surface area (Å²) in [4.78, 5) is 17.2. The number of carbonyl (C=O) groups excluding carboxylic acids is 1. The topological polar surface area (TPSA) is 42.3 Å². The van der Waals surface area contributed by atoms with Crippen molar-refractivity contribution < 1.29 is 4.79 Å². The SMILES string of the molecule is O=C=NCCc1ccc(Br)nc1. The van der Waals surface area contributed by atoms with Crippen LogP contribution < -0.4 is 0 Å². The van der Waals surface area contributed by atoms with Gasteiger partial charge in [-0.15, -0.1) is 0 Å². The van der Waals surface area contributed by atoms with E-state index in [1.807, 2.05) is 12.1 Å². The predicted molar refractivity (Wildman–Crippen MR) is 48.6 cm³/mol. The molecule has 0 bridgehead atoms. The summed E-state index contributed by atoms with van der Waals surface area (Å²) >= 11 is 3.23. The summed E-state index contributed by atoms with van der Waals surface area (Å²) in [5.74, 6) is 0. The summed E-state index contributed by atoms with van der Waals surface area (Å²) in [7, 11) is 0. The van der Waals surface area contributed by atoms with Crippen LogP contribution in [-0.2, 0) is 11.2 Å². The molecule has 1 aromatic rings. The van der Waals surface area contributed by atoms with Gasteiger partial charge in [0.1, 0.15) is 4.60 Å². The lowest BCUT2D eigenvalue weighted by Crippen LogP contribution is -1.89. The van der Waals surface area contributed by atoms with Crippen LogP contribution >= 0.6 is 15.9 Å². The van der Waals surface area contributed by atoms with Crippen molar-refractivity contribution in [3.63, 3.8) is 0 Å². The van der Waals surface area contributed by atoms with E-state index in [0.29, 0.717) is 6.54 Å². The molecule has 0 spiro atoms. The molecule has 1 aromatic heterocycles. The van der Waals surface area contributed by atoms with Gasteiger partial charge in [0, 0.05) is 6.20 Å². The minimum atomic E-state index is 0.479. The van der Waals surface area contributed by atoms with Crippen LogP contribution in [0.3, 0.4) is 0 Å². The van der Waals surface area contributed by atoms with E-state index in [-0.39, 0.29) is 0 Å². The van der Waals surface area contributed by atoms with Crippen LogP contribution in [0.15, 0.2) is 27.9 Å². The van der Waals surface area contributed by atoms with Crippen LogP contribution in [0.5, 0.6) is 0 Å². The molecule has 0 amide bonds. The Bertz CT molecular complexity index is 290. The van der Waals surface area contributed by atoms with Crippen molar-refractivity contribution in [2.75, 3.05) is 6.54 Å². The highest BCUT2D eigenvalue weighted by Crippen LogP contribution is 2.06. The minimum Gasteiger partial charge on any atom is -0.249 e. The van der Waals surface area contributed by atoms with Crippen molar-refractivity contribution in [2.24, 2.45) is 4.99 Å². The minimum absolute atomic E-state index is 0.479. The summed E-state index contributed by atoms with van der Waals surface area (Å²) in [6.07, 6.45) is 3.98. The number of aromatic nitrogens is 1. The number of aliphatic imine (C=N–C) groups is 1. The zero-order chi connectivity index (χ0) is 8.81. The van der Waals surface area contributed by atoms with Crippen molar-refractivity contribution in [3.8, 4) is 0 Å². The first-order chi connectivity index (χ1) is 5.83. The molecule has 0 saturated heterocycles. The maximum atomic E-state index is 9.73. The van der Waals surface area contributed by atoms with Crippen LogP contribution in [0, 0.1) is 0 Å². The van der Waals surface area contributed by atoms with E-state index >= 15 is 0 Å². The Balaban J connectivity index is 2.53. The second kappa shape index (κ2) is 4.80. The van der Waals surface area contributed by atoms with Crippen molar-refractivity contribution in [2.45, 2.75) is 6.42 Å². The molecule has 0 N–H and O–H groups in total. The van der Waals surface area contributed by atoms with Crippen LogP contribution in [-0.4, -0.2) is 17.6 Å². The molecule has 12 heavy (non-hydrogen) atoms. The second-order valence-corrected chi connectivity index (χ2v) is 3.02. The lowest BCUT2D eigenvalue weighted by molar-refractivity contribution is 0.563. The van der Waals surface area contributed by atoms with Crippen LogP contribution in [0.25, 0.3) is 0 Å². The zero-order valence-electron chi connectivity index (χ0n) is 6.33. The van der Waals surface area contributed by atoms with E-state index in [1.165, 1.54) is 6.08 Å². The molecule has 0 fully saturated rings. The molecule has 0 aromatic carbocycles. The Morgan fingerprint density at radius 1 is 1.58 bits per heavy atom. The molecular weight excluding hydrogens is 220 g/mol. The Hall–Kier alpha value is -0.990. The van der Waals surface area contributed by atoms with Gasteiger partial charge < -0.3 is 0 Å². The Morgan fingerprint density at radius 2 is 2.42 bits per heavy atom. The summed E-state index contributed by atoms with van der Waals surface area (Å²) in [5.41, 5.74) is 1.07. The number of hydrogen-bond acceptors (Lipinski definition) is 3. The number of halogens is 1. The third kappa shape index (κ3) is 2.95. The van der Waals surface area contributed by atoms with Crippen molar-refractivity contribution in [1.82, 2.24) is 4.98 Å². The molecule has 0 saturated carbocycles. The number of nitrogens with zero attached hydrogens (tertiary/aromatic N) is 2. The van der Waals surface area contributed by atoms with Gasteiger partial charge in [-0.05, 0) is 34.0 Å². The fourth-order valence-electron chi connectivity index (χ4n) is 0.785. The molecule has 0 unspecified atom stereocenters. The largest absolute Gasteiger partial charge is 0.249 e. The van der Waals surface area contributed by atoms with Gasteiger partial charge in [-0.1, -0.05) is 6.07 Å². The zero-order valence-corrected chi connectivity index (χ0v) is 7.91. The smallest absolute Gasteiger partial charge is 0.234 e. The maximum absolute atomic E-state index is 9.73. The normalized spacial score (nSPS) is 9.08. The van der Waals surface area contributed by atoms with Gasteiger partial charge in [0.05, 0.1) is 6.54 Å². The first-order valence-corrected chi connectivity index (χ1v) is 4.26. The standard InChI is InChI=1S/C8H7BrN2O/c9-8-2-1-7(5-11-8)3-4-10-6-12/h1-2,5H,3-4H2. The summed E-state index contributed by atoms with van der Waals surface area (Å²) < 4.78 is 0.810. The first-order valence-electron chi connectivity index (χ1n) is 3.47. The molecule has 62 valence electrons. The van der Waals surface area contributed by atoms with E-state index in [2.05, 4.69) is 25.9 Å². The fraction of sp³-hybridized carbons (Fsp3) is 0.250. The summed E-state index contributed by atoms with van der Waals surface area (Å²) in [5, 5.41) is 0. The highest BCUT2D eigenvalue weighted by Gasteiger charge is 1.92. The van der Waals surface area contributed by atoms with Crippen LogP contribution in [0.4, 0.5) is 0 Å². The molecule has 0 aliphatic carbocycles. The number of hydrogen-bond donors (Lipinski definition) is 0. The third-order valence-electron chi connectivity index (χ3n) is 1.37. The lowest BCUT2D eigenvalue weighted by atomic mass is 10.2. The molecule has 4 heteroatoms. The van der Waals surface area contributed by atoms with E-state index in [1.54, 1.807) is 6.20 Å². The molecule has 0 radical (unpaired) electrons. The summed E-state index contributed by atoms with van der Waals surface area (Å²) in [6, 6.07) is 3.80. The molecule has 1 heterocycles. The fourth-order valence-corrected chi connectivity index (χ4v) is 1.02. The molecule has 0 atom stereocenters. The Morgan fingerprint density at radius 3 is 3.00 bits per heavy atom. The average molecular weight is 227 g/mol. The van der Waals surface area contributed by atoms with Gasteiger partial charge in [-0.3, -0.25) is 0 Å². The van der Waals surface area contributed by atoms with E-state index in [4.69, 9.17) is 0 Å². The predicted octanol–water partition coefficient (Wildman–Crippen LogP) is 1.72. The van der Waals surface area contributed by atoms with Gasteiger partial charge >= 0.3 is 0 Å². The molecule has 0 aliphatic rings. The van der Waals surface area contributed by atoms with Gasteiger partial charge in [0.25, 0.3) is 0 Å². The monoisotopic (exact) mass is 226 g/mol. The second-order valence-electron chi connectivity index (χ2n) is 2.21. The van der Waals surface area contributed by atoms with Gasteiger partial charge in [0.15, 0.2) is 0 Å². The average Bonchev–Trinajstić information content (AvgIpc) is 2.09. The van der Waals surface area contributed by atoms with Gasteiger partial charge in [0.2, 0.25) is 6.08 Å². The molecular formula is C8H7BrN2O. The van der Waals surface area contributed by atoms with Crippen molar-refractivity contribution in [3.05, 3.63) is 28.5 Å².